The number of ketones is 1. The van der Waals surface area contributed by atoms with Crippen molar-refractivity contribution >= 4 is 29.0 Å². The highest BCUT2D eigenvalue weighted by atomic mass is 32.1. The molecule has 1 saturated carbocycles. The van der Waals surface area contributed by atoms with Crippen LogP contribution in [0.15, 0.2) is 12.1 Å². The fraction of sp³-hybridized carbons (Fsp3) is 0.632. The van der Waals surface area contributed by atoms with Gasteiger partial charge in [0.25, 0.3) is 5.91 Å². The standard InChI is InChI=1S/C19H27NO4S/c1-12-6-4-5-7-15(12)20-19(23)14(3)24-18(22)11-9-16(21)17-10-8-13(2)25-17/h8,10,12,14-15H,4-7,9,11H2,1-3H3,(H,20,23)/t12-,14-,15+/m0/s1. The molecule has 0 aliphatic heterocycles. The molecule has 1 heterocycles. The Bertz CT molecular complexity index is 625. The van der Waals surface area contributed by atoms with E-state index in [9.17, 15) is 14.4 Å². The van der Waals surface area contributed by atoms with Gasteiger partial charge in [0.05, 0.1) is 11.3 Å². The molecule has 6 heteroatoms. The van der Waals surface area contributed by atoms with E-state index in [1.807, 2.05) is 13.0 Å². The summed E-state index contributed by atoms with van der Waals surface area (Å²) in [7, 11) is 0. The lowest BCUT2D eigenvalue weighted by Gasteiger charge is -2.30. The maximum Gasteiger partial charge on any atom is 0.307 e. The van der Waals surface area contributed by atoms with Gasteiger partial charge in [-0.15, -0.1) is 11.3 Å². The third kappa shape index (κ3) is 5.96. The highest BCUT2D eigenvalue weighted by Gasteiger charge is 2.26. The summed E-state index contributed by atoms with van der Waals surface area (Å²) in [5.74, 6) is -0.385. The lowest BCUT2D eigenvalue weighted by molar-refractivity contribution is -0.155. The van der Waals surface area contributed by atoms with Gasteiger partial charge >= 0.3 is 5.97 Å². The van der Waals surface area contributed by atoms with Gasteiger partial charge in [-0.25, -0.2) is 0 Å². The van der Waals surface area contributed by atoms with Crippen LogP contribution >= 0.6 is 11.3 Å². The Balaban J connectivity index is 1.73. The number of carbonyl (C=O) groups is 3. The normalized spacial score (nSPS) is 21.4. The molecule has 0 unspecified atom stereocenters. The van der Waals surface area contributed by atoms with E-state index in [1.165, 1.54) is 17.8 Å². The van der Waals surface area contributed by atoms with Gasteiger partial charge in [0.15, 0.2) is 11.9 Å². The lowest BCUT2D eigenvalue weighted by atomic mass is 9.86. The molecule has 1 aromatic heterocycles. The number of thiophene rings is 1. The molecule has 0 saturated heterocycles. The van der Waals surface area contributed by atoms with E-state index in [0.717, 1.165) is 24.1 Å². The molecule has 1 aliphatic rings. The average Bonchev–Trinajstić information content (AvgIpc) is 3.01. The smallest absolute Gasteiger partial charge is 0.307 e. The van der Waals surface area contributed by atoms with E-state index in [-0.39, 0.29) is 30.6 Å². The summed E-state index contributed by atoms with van der Waals surface area (Å²) < 4.78 is 5.18. The maximum absolute atomic E-state index is 12.2. The molecule has 1 N–H and O–H groups in total. The Hall–Kier alpha value is -1.69. The van der Waals surface area contributed by atoms with Gasteiger partial charge in [0, 0.05) is 17.3 Å². The Morgan fingerprint density at radius 1 is 1.24 bits per heavy atom. The van der Waals surface area contributed by atoms with Crippen LogP contribution < -0.4 is 5.32 Å². The van der Waals surface area contributed by atoms with Crippen LogP contribution in [0.25, 0.3) is 0 Å². The molecule has 1 fully saturated rings. The van der Waals surface area contributed by atoms with Gasteiger partial charge in [0.2, 0.25) is 0 Å². The van der Waals surface area contributed by atoms with Crippen LogP contribution in [0.1, 0.15) is 66.9 Å². The van der Waals surface area contributed by atoms with E-state index >= 15 is 0 Å². The largest absolute Gasteiger partial charge is 0.453 e. The molecule has 0 spiro atoms. The van der Waals surface area contributed by atoms with Crippen molar-refractivity contribution in [2.24, 2.45) is 5.92 Å². The number of amides is 1. The third-order valence-corrected chi connectivity index (χ3v) is 5.73. The van der Waals surface area contributed by atoms with E-state index in [2.05, 4.69) is 12.2 Å². The van der Waals surface area contributed by atoms with Crippen LogP contribution in [0.3, 0.4) is 0 Å². The molecule has 0 aromatic carbocycles. The quantitative estimate of drug-likeness (QED) is 0.591. The van der Waals surface area contributed by atoms with Crippen molar-refractivity contribution in [3.63, 3.8) is 0 Å². The van der Waals surface area contributed by atoms with Crippen LogP contribution in [0.4, 0.5) is 0 Å². The molecule has 2 rings (SSSR count). The third-order valence-electron chi connectivity index (χ3n) is 4.69. The van der Waals surface area contributed by atoms with Crippen molar-refractivity contribution in [1.82, 2.24) is 5.32 Å². The van der Waals surface area contributed by atoms with Gasteiger partial charge in [-0.3, -0.25) is 14.4 Å². The first kappa shape index (κ1) is 19.6. The number of Topliss-reactive ketones (excluding diaryl/α,β-unsaturated/α-hetero) is 1. The van der Waals surface area contributed by atoms with Crippen LogP contribution in [-0.4, -0.2) is 29.8 Å². The summed E-state index contributed by atoms with van der Waals surface area (Å²) in [6, 6.07) is 3.82. The zero-order valence-corrected chi connectivity index (χ0v) is 16.0. The fourth-order valence-electron chi connectivity index (χ4n) is 3.06. The lowest BCUT2D eigenvalue weighted by Crippen LogP contribution is -2.46. The Labute approximate surface area is 153 Å². The first-order valence-electron chi connectivity index (χ1n) is 8.96. The topological polar surface area (TPSA) is 72.5 Å². The molecule has 25 heavy (non-hydrogen) atoms. The summed E-state index contributed by atoms with van der Waals surface area (Å²) in [4.78, 5) is 37.8. The summed E-state index contributed by atoms with van der Waals surface area (Å²) in [6.07, 6.45) is 3.68. The number of aryl methyl sites for hydroxylation is 1. The molecule has 0 bridgehead atoms. The first-order chi connectivity index (χ1) is 11.9. The van der Waals surface area contributed by atoms with Crippen molar-refractivity contribution in [2.75, 3.05) is 0 Å². The van der Waals surface area contributed by atoms with Crippen molar-refractivity contribution in [3.05, 3.63) is 21.9 Å². The highest BCUT2D eigenvalue weighted by Crippen LogP contribution is 2.24. The second kappa shape index (κ2) is 9.13. The number of carbonyl (C=O) groups excluding carboxylic acids is 3. The zero-order valence-electron chi connectivity index (χ0n) is 15.2. The molecule has 5 nitrogen and oxygen atoms in total. The predicted molar refractivity (Wildman–Crippen MR) is 97.7 cm³/mol. The monoisotopic (exact) mass is 365 g/mol. The highest BCUT2D eigenvalue weighted by molar-refractivity contribution is 7.14. The van der Waals surface area contributed by atoms with Crippen molar-refractivity contribution in [3.8, 4) is 0 Å². The van der Waals surface area contributed by atoms with Gasteiger partial charge in [-0.05, 0) is 44.7 Å². The van der Waals surface area contributed by atoms with Crippen LogP contribution in [0.2, 0.25) is 0 Å². The van der Waals surface area contributed by atoms with E-state index < -0.39 is 12.1 Å². The Kier molecular flexibility index (Phi) is 7.17. The minimum Gasteiger partial charge on any atom is -0.453 e. The van der Waals surface area contributed by atoms with Crippen molar-refractivity contribution in [1.29, 1.82) is 0 Å². The average molecular weight is 365 g/mol. The van der Waals surface area contributed by atoms with Gasteiger partial charge in [-0.2, -0.15) is 0 Å². The number of rotatable bonds is 7. The molecular weight excluding hydrogens is 338 g/mol. The number of ether oxygens (including phenoxy) is 1. The van der Waals surface area contributed by atoms with Crippen molar-refractivity contribution in [2.45, 2.75) is 71.4 Å². The first-order valence-corrected chi connectivity index (χ1v) is 9.78. The second-order valence-corrected chi connectivity index (χ2v) is 8.13. The number of hydrogen-bond acceptors (Lipinski definition) is 5. The predicted octanol–water partition coefficient (Wildman–Crippen LogP) is 3.65. The molecule has 138 valence electrons. The summed E-state index contributed by atoms with van der Waals surface area (Å²) in [5, 5.41) is 2.99. The minimum atomic E-state index is -0.833. The summed E-state index contributed by atoms with van der Waals surface area (Å²) in [6.45, 7) is 5.65. The summed E-state index contributed by atoms with van der Waals surface area (Å²) in [5.41, 5.74) is 0. The van der Waals surface area contributed by atoms with E-state index in [0.29, 0.717) is 10.8 Å². The summed E-state index contributed by atoms with van der Waals surface area (Å²) >= 11 is 1.42. The second-order valence-electron chi connectivity index (χ2n) is 6.84. The number of esters is 1. The van der Waals surface area contributed by atoms with Crippen molar-refractivity contribution < 1.29 is 19.1 Å². The number of hydrogen-bond donors (Lipinski definition) is 1. The molecule has 1 amide bonds. The SMILES string of the molecule is Cc1ccc(C(=O)CCC(=O)O[C@@H](C)C(=O)N[C@@H]2CCCC[C@@H]2C)s1. The van der Waals surface area contributed by atoms with Gasteiger partial charge < -0.3 is 10.1 Å². The molecule has 1 aliphatic carbocycles. The van der Waals surface area contributed by atoms with E-state index in [1.54, 1.807) is 13.0 Å². The zero-order chi connectivity index (χ0) is 18.4. The molecule has 1 aromatic rings. The number of nitrogens with one attached hydrogen (secondary N) is 1. The molecule has 0 radical (unpaired) electrons. The fourth-order valence-corrected chi connectivity index (χ4v) is 3.90. The van der Waals surface area contributed by atoms with Gasteiger partial charge in [-0.1, -0.05) is 19.8 Å². The molecule has 3 atom stereocenters. The minimum absolute atomic E-state index is 0.00671. The van der Waals surface area contributed by atoms with Crippen LogP contribution in [0, 0.1) is 12.8 Å². The van der Waals surface area contributed by atoms with Gasteiger partial charge in [0.1, 0.15) is 0 Å². The Morgan fingerprint density at radius 3 is 2.60 bits per heavy atom. The van der Waals surface area contributed by atoms with Crippen LogP contribution in [0.5, 0.6) is 0 Å². The maximum atomic E-state index is 12.2. The van der Waals surface area contributed by atoms with Crippen LogP contribution in [-0.2, 0) is 14.3 Å². The van der Waals surface area contributed by atoms with E-state index in [4.69, 9.17) is 4.74 Å². The Morgan fingerprint density at radius 2 is 1.96 bits per heavy atom. The molecular formula is C19H27NO4S.